The van der Waals surface area contributed by atoms with Gasteiger partial charge < -0.3 is 9.84 Å². The van der Waals surface area contributed by atoms with Gasteiger partial charge in [0.25, 0.3) is 0 Å². The van der Waals surface area contributed by atoms with E-state index in [1.165, 1.54) is 0 Å². The minimum Gasteiger partial charge on any atom is -0.394 e. The van der Waals surface area contributed by atoms with Crippen LogP contribution in [0.1, 0.15) is 13.8 Å². The van der Waals surface area contributed by atoms with Crippen molar-refractivity contribution >= 4 is 8.07 Å². The fourth-order valence-corrected chi connectivity index (χ4v) is 3.98. The summed E-state index contributed by atoms with van der Waals surface area (Å²) >= 11 is 0. The molecule has 1 saturated heterocycles. The van der Waals surface area contributed by atoms with E-state index in [9.17, 15) is 5.11 Å². The van der Waals surface area contributed by atoms with E-state index in [4.69, 9.17) is 4.74 Å². The van der Waals surface area contributed by atoms with Crippen LogP contribution in [0.5, 0.6) is 0 Å². The predicted octanol–water partition coefficient (Wildman–Crippen LogP) is 1.65. The second-order valence-electron chi connectivity index (χ2n) is 5.08. The highest BCUT2D eigenvalue weighted by Crippen LogP contribution is 2.47. The summed E-state index contributed by atoms with van der Waals surface area (Å²) in [7, 11) is -1.37. The molecule has 1 N–H and O–H groups in total. The number of epoxide rings is 1. The van der Waals surface area contributed by atoms with Gasteiger partial charge in [0.05, 0.1) is 20.8 Å². The van der Waals surface area contributed by atoms with Gasteiger partial charge in [0.1, 0.15) is 5.22 Å². The minimum absolute atomic E-state index is 0.138. The normalized spacial score (nSPS) is 35.8. The molecule has 1 fully saturated rings. The number of ether oxygens (including phenoxy) is 1. The van der Waals surface area contributed by atoms with Crippen LogP contribution in [0.4, 0.5) is 0 Å². The fraction of sp³-hybridized carbons (Fsp3) is 1.00. The molecule has 2 atom stereocenters. The quantitative estimate of drug-likeness (QED) is 0.539. The summed E-state index contributed by atoms with van der Waals surface area (Å²) < 4.78 is 5.69. The molecule has 0 spiro atoms. The van der Waals surface area contributed by atoms with Crippen molar-refractivity contribution in [1.29, 1.82) is 0 Å². The Labute approximate surface area is 75.9 Å². The molecule has 0 unspecified atom stereocenters. The molecule has 3 heteroatoms. The Balaban J connectivity index is 2.72. The minimum atomic E-state index is -1.37. The molecule has 0 amide bonds. The largest absolute Gasteiger partial charge is 0.394 e. The SMILES string of the molecule is CC(C)[C@H]1O[C@]1(CO)[Si](C)(C)C. The van der Waals surface area contributed by atoms with E-state index in [1.807, 2.05) is 0 Å². The first-order valence-corrected chi connectivity index (χ1v) is 8.14. The number of aliphatic hydroxyl groups excluding tert-OH is 1. The molecule has 0 aromatic heterocycles. The van der Waals surface area contributed by atoms with Gasteiger partial charge in [0.2, 0.25) is 0 Å². The third kappa shape index (κ3) is 1.34. The molecule has 0 aromatic rings. The van der Waals surface area contributed by atoms with Crippen molar-refractivity contribution < 1.29 is 9.84 Å². The Morgan fingerprint density at radius 3 is 2.00 bits per heavy atom. The number of hydrogen-bond donors (Lipinski definition) is 1. The standard InChI is InChI=1S/C9H20O2Si/c1-7(2)8-9(6-10,11-8)12(3,4)5/h7-8,10H,6H2,1-5H3/t8-,9-/m1/s1. The van der Waals surface area contributed by atoms with Crippen LogP contribution >= 0.6 is 0 Å². The van der Waals surface area contributed by atoms with Crippen LogP contribution in [-0.4, -0.2) is 31.1 Å². The molecular weight excluding hydrogens is 168 g/mol. The lowest BCUT2D eigenvalue weighted by atomic mass is 10.1. The van der Waals surface area contributed by atoms with Crippen molar-refractivity contribution in [3.63, 3.8) is 0 Å². The molecule has 0 saturated carbocycles. The second-order valence-corrected chi connectivity index (χ2v) is 10.4. The van der Waals surface area contributed by atoms with Crippen molar-refractivity contribution in [1.82, 2.24) is 0 Å². The molecular formula is C9H20O2Si. The number of aliphatic hydroxyl groups is 1. The van der Waals surface area contributed by atoms with Crippen molar-refractivity contribution in [3.05, 3.63) is 0 Å². The van der Waals surface area contributed by atoms with Crippen LogP contribution in [0.25, 0.3) is 0 Å². The molecule has 12 heavy (non-hydrogen) atoms. The van der Waals surface area contributed by atoms with Crippen molar-refractivity contribution in [2.45, 2.75) is 44.8 Å². The molecule has 1 heterocycles. The lowest BCUT2D eigenvalue weighted by molar-refractivity contribution is 0.213. The van der Waals surface area contributed by atoms with Crippen molar-refractivity contribution in [2.24, 2.45) is 5.92 Å². The highest BCUT2D eigenvalue weighted by Gasteiger charge is 2.64. The van der Waals surface area contributed by atoms with E-state index in [1.54, 1.807) is 0 Å². The Morgan fingerprint density at radius 2 is 1.92 bits per heavy atom. The summed E-state index contributed by atoms with van der Waals surface area (Å²) in [5.41, 5.74) is 0. The molecule has 1 rings (SSSR count). The van der Waals surface area contributed by atoms with E-state index in [0.29, 0.717) is 12.0 Å². The van der Waals surface area contributed by atoms with Gasteiger partial charge in [0.15, 0.2) is 0 Å². The maximum Gasteiger partial charge on any atom is 0.106 e. The predicted molar refractivity (Wildman–Crippen MR) is 52.9 cm³/mol. The zero-order valence-corrected chi connectivity index (χ0v) is 9.72. The summed E-state index contributed by atoms with van der Waals surface area (Å²) in [6.07, 6.45) is 0.300. The van der Waals surface area contributed by atoms with Gasteiger partial charge in [-0.2, -0.15) is 0 Å². The monoisotopic (exact) mass is 188 g/mol. The van der Waals surface area contributed by atoms with Crippen LogP contribution in [-0.2, 0) is 4.74 Å². The van der Waals surface area contributed by atoms with Crippen LogP contribution in [0.2, 0.25) is 19.6 Å². The summed E-state index contributed by atoms with van der Waals surface area (Å²) in [6.45, 7) is 11.3. The van der Waals surface area contributed by atoms with Crippen molar-refractivity contribution in [2.75, 3.05) is 6.61 Å². The molecule has 1 aliphatic heterocycles. The third-order valence-electron chi connectivity index (χ3n) is 2.85. The molecule has 2 nitrogen and oxygen atoms in total. The summed E-state index contributed by atoms with van der Waals surface area (Å²) in [4.78, 5) is 0. The van der Waals surface area contributed by atoms with Gasteiger partial charge in [-0.3, -0.25) is 0 Å². The Hall–Kier alpha value is 0.137. The van der Waals surface area contributed by atoms with Gasteiger partial charge >= 0.3 is 0 Å². The van der Waals surface area contributed by atoms with Crippen LogP contribution < -0.4 is 0 Å². The zero-order valence-electron chi connectivity index (χ0n) is 8.72. The summed E-state index contributed by atoms with van der Waals surface area (Å²) in [6, 6.07) is 0. The van der Waals surface area contributed by atoms with E-state index < -0.39 is 8.07 Å². The van der Waals surface area contributed by atoms with Crippen LogP contribution in [0.15, 0.2) is 0 Å². The summed E-state index contributed by atoms with van der Waals surface area (Å²) in [5, 5.41) is 9.18. The van der Waals surface area contributed by atoms with Crippen molar-refractivity contribution in [3.8, 4) is 0 Å². The van der Waals surface area contributed by atoms with Gasteiger partial charge in [-0.25, -0.2) is 0 Å². The Morgan fingerprint density at radius 1 is 1.42 bits per heavy atom. The molecule has 1 aliphatic rings. The first kappa shape index (κ1) is 10.2. The average molecular weight is 188 g/mol. The first-order valence-electron chi connectivity index (χ1n) is 4.64. The lowest BCUT2D eigenvalue weighted by Gasteiger charge is -2.24. The highest BCUT2D eigenvalue weighted by molar-refractivity contribution is 6.79. The molecule has 0 aliphatic carbocycles. The third-order valence-corrected chi connectivity index (χ3v) is 5.95. The number of hydrogen-bond acceptors (Lipinski definition) is 2. The second kappa shape index (κ2) is 2.82. The van der Waals surface area contributed by atoms with Gasteiger partial charge in [0, 0.05) is 0 Å². The molecule has 0 radical (unpaired) electrons. The zero-order chi connectivity index (χ0) is 9.57. The van der Waals surface area contributed by atoms with Gasteiger partial charge in [-0.1, -0.05) is 33.5 Å². The van der Waals surface area contributed by atoms with E-state index in [-0.39, 0.29) is 11.8 Å². The van der Waals surface area contributed by atoms with Gasteiger partial charge in [-0.05, 0) is 5.92 Å². The molecule has 72 valence electrons. The highest BCUT2D eigenvalue weighted by atomic mass is 28.3. The topological polar surface area (TPSA) is 32.8 Å². The van der Waals surface area contributed by atoms with Crippen LogP contribution in [0.3, 0.4) is 0 Å². The average Bonchev–Trinajstić information content (AvgIpc) is 2.59. The maximum absolute atomic E-state index is 9.32. The number of rotatable bonds is 3. The first-order chi connectivity index (χ1) is 5.35. The molecule has 0 aromatic carbocycles. The van der Waals surface area contributed by atoms with Gasteiger partial charge in [-0.15, -0.1) is 0 Å². The smallest absolute Gasteiger partial charge is 0.106 e. The Bertz CT molecular complexity index is 174. The fourth-order valence-electron chi connectivity index (χ4n) is 1.84. The van der Waals surface area contributed by atoms with Crippen LogP contribution in [0, 0.1) is 5.92 Å². The summed E-state index contributed by atoms with van der Waals surface area (Å²) in [5.74, 6) is 0.531. The molecule has 0 bridgehead atoms. The van der Waals surface area contributed by atoms with E-state index in [2.05, 4.69) is 33.5 Å². The van der Waals surface area contributed by atoms with E-state index in [0.717, 1.165) is 0 Å². The Kier molecular flexibility index (Phi) is 2.40. The lowest BCUT2D eigenvalue weighted by Crippen LogP contribution is -2.47. The maximum atomic E-state index is 9.32. The van der Waals surface area contributed by atoms with E-state index >= 15 is 0 Å².